The molecule has 0 amide bonds. The molecule has 3 aromatic heterocycles. The molecule has 0 saturated carbocycles. The van der Waals surface area contributed by atoms with Crippen LogP contribution in [0.4, 0.5) is 0 Å². The van der Waals surface area contributed by atoms with Gasteiger partial charge in [-0.3, -0.25) is 4.79 Å². The Morgan fingerprint density at radius 1 is 1.22 bits per heavy atom. The summed E-state index contributed by atoms with van der Waals surface area (Å²) in [5.74, 6) is 2.39. The lowest BCUT2D eigenvalue weighted by atomic mass is 10.2. The van der Waals surface area contributed by atoms with Crippen LogP contribution in [-0.4, -0.2) is 17.1 Å². The Morgan fingerprint density at radius 3 is 2.85 bits per heavy atom. The summed E-state index contributed by atoms with van der Waals surface area (Å²) in [6.07, 6.45) is 0. The quantitative estimate of drug-likeness (QED) is 0.439. The highest BCUT2D eigenvalue weighted by Gasteiger charge is 2.17. The minimum atomic E-state index is -0.0654. The first kappa shape index (κ1) is 18.3. The molecule has 0 radical (unpaired) electrons. The Balaban J connectivity index is 1.59. The molecule has 0 fully saturated rings. The fourth-order valence-electron chi connectivity index (χ4n) is 2.89. The number of benzene rings is 1. The fourth-order valence-corrected chi connectivity index (χ4v) is 5.59. The molecule has 3 heterocycles. The number of thioether (sulfide) groups is 1. The molecule has 7 heteroatoms. The van der Waals surface area contributed by atoms with E-state index >= 15 is 0 Å². The van der Waals surface area contributed by atoms with Crippen LogP contribution in [0.25, 0.3) is 20.7 Å². The van der Waals surface area contributed by atoms with E-state index in [-0.39, 0.29) is 10.8 Å². The molecule has 0 aliphatic carbocycles. The van der Waals surface area contributed by atoms with E-state index < -0.39 is 0 Å². The van der Waals surface area contributed by atoms with Crippen molar-refractivity contribution < 1.29 is 4.74 Å². The lowest BCUT2D eigenvalue weighted by Gasteiger charge is -2.12. The summed E-state index contributed by atoms with van der Waals surface area (Å²) in [6, 6.07) is 12.0. The highest BCUT2D eigenvalue weighted by Crippen LogP contribution is 2.36. The highest BCUT2D eigenvalue weighted by atomic mass is 32.2. The molecule has 1 N–H and O–H groups in total. The van der Waals surface area contributed by atoms with Crippen LogP contribution in [0.3, 0.4) is 0 Å². The van der Waals surface area contributed by atoms with Crippen molar-refractivity contribution in [3.8, 4) is 16.2 Å². The van der Waals surface area contributed by atoms with E-state index in [2.05, 4.69) is 18.0 Å². The summed E-state index contributed by atoms with van der Waals surface area (Å²) < 4.78 is 5.41. The predicted octanol–water partition coefficient (Wildman–Crippen LogP) is 5.72. The van der Waals surface area contributed by atoms with Crippen LogP contribution in [0.1, 0.15) is 23.6 Å². The van der Waals surface area contributed by atoms with Gasteiger partial charge < -0.3 is 9.72 Å². The zero-order valence-electron chi connectivity index (χ0n) is 14.9. The number of hydrogen-bond donors (Lipinski definition) is 1. The number of nitrogens with zero attached hydrogens (tertiary/aromatic N) is 1. The van der Waals surface area contributed by atoms with Gasteiger partial charge in [-0.15, -0.1) is 34.4 Å². The standard InChI is InChI=1S/C20H18N2O2S3/c1-12(26-10-13-6-3-4-7-15(13)24-2)18-21-19(23)17-14(11-27-20(17)22-18)16-8-5-9-25-16/h3-9,11-12H,10H2,1-2H3,(H,21,22,23)/t12-/m1/s1. The number of H-pyrrole nitrogens is 1. The van der Waals surface area contributed by atoms with Gasteiger partial charge in [0.2, 0.25) is 0 Å². The average molecular weight is 415 g/mol. The van der Waals surface area contributed by atoms with Gasteiger partial charge in [-0.2, -0.15) is 0 Å². The first-order valence-corrected chi connectivity index (χ1v) is 11.3. The smallest absolute Gasteiger partial charge is 0.260 e. The lowest BCUT2D eigenvalue weighted by Crippen LogP contribution is -2.12. The van der Waals surface area contributed by atoms with Crippen LogP contribution in [-0.2, 0) is 5.75 Å². The van der Waals surface area contributed by atoms with Gasteiger partial charge in [-0.05, 0) is 24.4 Å². The number of thiophene rings is 2. The third kappa shape index (κ3) is 3.67. The van der Waals surface area contributed by atoms with E-state index in [9.17, 15) is 4.79 Å². The monoisotopic (exact) mass is 414 g/mol. The number of rotatable bonds is 6. The lowest BCUT2D eigenvalue weighted by molar-refractivity contribution is 0.411. The number of nitrogens with one attached hydrogen (secondary N) is 1. The third-order valence-corrected chi connectivity index (χ3v) is 7.29. The van der Waals surface area contributed by atoms with E-state index in [4.69, 9.17) is 9.72 Å². The van der Waals surface area contributed by atoms with E-state index in [0.29, 0.717) is 11.2 Å². The van der Waals surface area contributed by atoms with Gasteiger partial charge in [0.05, 0.1) is 17.7 Å². The van der Waals surface area contributed by atoms with Gasteiger partial charge in [-0.1, -0.05) is 24.3 Å². The topological polar surface area (TPSA) is 55.0 Å². The van der Waals surface area contributed by atoms with Crippen LogP contribution in [0.15, 0.2) is 52.0 Å². The van der Waals surface area contributed by atoms with Crippen molar-refractivity contribution in [1.82, 2.24) is 9.97 Å². The molecule has 138 valence electrons. The minimum Gasteiger partial charge on any atom is -0.496 e. The molecule has 1 aromatic carbocycles. The largest absolute Gasteiger partial charge is 0.496 e. The summed E-state index contributed by atoms with van der Waals surface area (Å²) in [4.78, 5) is 22.4. The van der Waals surface area contributed by atoms with Crippen molar-refractivity contribution in [2.24, 2.45) is 0 Å². The number of hydrogen-bond acceptors (Lipinski definition) is 6. The predicted molar refractivity (Wildman–Crippen MR) is 116 cm³/mol. The Kier molecular flexibility index (Phi) is 5.33. The second kappa shape index (κ2) is 7.88. The normalized spacial score (nSPS) is 12.4. The van der Waals surface area contributed by atoms with E-state index in [1.54, 1.807) is 30.2 Å². The Morgan fingerprint density at radius 2 is 2.07 bits per heavy atom. The number of ether oxygens (including phenoxy) is 1. The van der Waals surface area contributed by atoms with Crippen LogP contribution < -0.4 is 10.3 Å². The molecular weight excluding hydrogens is 396 g/mol. The van der Waals surface area contributed by atoms with Crippen molar-refractivity contribution in [2.75, 3.05) is 7.11 Å². The molecule has 4 rings (SSSR count). The number of para-hydroxylation sites is 1. The van der Waals surface area contributed by atoms with E-state index in [1.165, 1.54) is 11.3 Å². The van der Waals surface area contributed by atoms with Gasteiger partial charge in [-0.25, -0.2) is 4.98 Å². The highest BCUT2D eigenvalue weighted by molar-refractivity contribution is 7.98. The van der Waals surface area contributed by atoms with Crippen LogP contribution in [0.2, 0.25) is 0 Å². The maximum absolute atomic E-state index is 12.7. The number of methoxy groups -OCH3 is 1. The van der Waals surface area contributed by atoms with Crippen LogP contribution in [0.5, 0.6) is 5.75 Å². The van der Waals surface area contributed by atoms with Crippen LogP contribution in [0, 0.1) is 0 Å². The third-order valence-electron chi connectivity index (χ3n) is 4.32. The Bertz CT molecular complexity index is 1120. The minimum absolute atomic E-state index is 0.0654. The average Bonchev–Trinajstić information content (AvgIpc) is 3.35. The van der Waals surface area contributed by atoms with Gasteiger partial charge in [0, 0.05) is 27.1 Å². The van der Waals surface area contributed by atoms with Gasteiger partial charge >= 0.3 is 0 Å². The van der Waals surface area contributed by atoms with Crippen molar-refractivity contribution in [3.63, 3.8) is 0 Å². The summed E-state index contributed by atoms with van der Waals surface area (Å²) >= 11 is 4.89. The fraction of sp³-hybridized carbons (Fsp3) is 0.200. The maximum Gasteiger partial charge on any atom is 0.260 e. The SMILES string of the molecule is COc1ccccc1CS[C@H](C)c1nc2scc(-c3cccs3)c2c(=O)[nH]1. The van der Waals surface area contributed by atoms with Crippen molar-refractivity contribution >= 4 is 44.7 Å². The molecule has 27 heavy (non-hydrogen) atoms. The molecule has 0 spiro atoms. The second-order valence-corrected chi connectivity index (χ2v) is 9.16. The molecule has 0 aliphatic rings. The summed E-state index contributed by atoms with van der Waals surface area (Å²) in [7, 11) is 1.68. The zero-order chi connectivity index (χ0) is 18.8. The van der Waals surface area contributed by atoms with E-state index in [1.807, 2.05) is 41.1 Å². The number of aromatic nitrogens is 2. The molecule has 0 aliphatic heterocycles. The first-order valence-electron chi connectivity index (χ1n) is 8.46. The molecule has 4 nitrogen and oxygen atoms in total. The maximum atomic E-state index is 12.7. The number of fused-ring (bicyclic) bond motifs is 1. The van der Waals surface area contributed by atoms with Crippen molar-refractivity contribution in [3.05, 3.63) is 68.9 Å². The summed E-state index contributed by atoms with van der Waals surface area (Å²) in [5, 5.41) is 4.80. The molecule has 1 atom stereocenters. The molecule has 4 aromatic rings. The Labute approximate surface area is 169 Å². The summed E-state index contributed by atoms with van der Waals surface area (Å²) in [5.41, 5.74) is 2.04. The summed E-state index contributed by atoms with van der Waals surface area (Å²) in [6.45, 7) is 2.07. The van der Waals surface area contributed by atoms with Crippen molar-refractivity contribution in [2.45, 2.75) is 17.9 Å². The van der Waals surface area contributed by atoms with Gasteiger partial charge in [0.15, 0.2) is 0 Å². The van der Waals surface area contributed by atoms with Gasteiger partial charge in [0.1, 0.15) is 16.4 Å². The van der Waals surface area contributed by atoms with Gasteiger partial charge in [0.25, 0.3) is 5.56 Å². The zero-order valence-corrected chi connectivity index (χ0v) is 17.3. The van der Waals surface area contributed by atoms with Crippen LogP contribution >= 0.6 is 34.4 Å². The molecular formula is C20H18N2O2S3. The van der Waals surface area contributed by atoms with E-state index in [0.717, 1.165) is 32.3 Å². The molecule has 0 saturated heterocycles. The first-order chi connectivity index (χ1) is 13.2. The number of aromatic amines is 1. The molecule has 0 unspecified atom stereocenters. The van der Waals surface area contributed by atoms with Crippen molar-refractivity contribution in [1.29, 1.82) is 0 Å². The second-order valence-electron chi connectivity index (χ2n) is 6.02. The molecule has 0 bridgehead atoms. The Hall–Kier alpha value is -2.09.